The Kier molecular flexibility index (Phi) is 3.15. The van der Waals surface area contributed by atoms with Crippen LogP contribution in [0.5, 0.6) is 0 Å². The molecule has 2 N–H and O–H groups in total. The van der Waals surface area contributed by atoms with Gasteiger partial charge in [0.15, 0.2) is 0 Å². The van der Waals surface area contributed by atoms with Crippen molar-refractivity contribution >= 4 is 5.69 Å². The summed E-state index contributed by atoms with van der Waals surface area (Å²) in [6.45, 7) is 2.56. The fraction of sp³-hybridized carbons (Fsp3) is 0.538. The van der Waals surface area contributed by atoms with Crippen LogP contribution in [0, 0.1) is 17.0 Å². The standard InChI is InChI=1S/C13H18N2O2/c1-10-3-4-12(15(16)17)11(9-10)13(7-8-14)5-2-6-13/h3-4,9H,2,5-8,14H2,1H3. The fourth-order valence-electron chi connectivity index (χ4n) is 2.77. The van der Waals surface area contributed by atoms with Crippen molar-refractivity contribution in [1.82, 2.24) is 0 Å². The smallest absolute Gasteiger partial charge is 0.273 e. The predicted octanol–water partition coefficient (Wildman–Crippen LogP) is 2.67. The third-order valence-corrected chi connectivity index (χ3v) is 3.85. The Morgan fingerprint density at radius 2 is 2.18 bits per heavy atom. The Hall–Kier alpha value is -1.42. The van der Waals surface area contributed by atoms with Gasteiger partial charge in [-0.1, -0.05) is 18.1 Å². The summed E-state index contributed by atoms with van der Waals surface area (Å²) >= 11 is 0. The summed E-state index contributed by atoms with van der Waals surface area (Å²) in [4.78, 5) is 10.8. The molecular weight excluding hydrogens is 216 g/mol. The highest BCUT2D eigenvalue weighted by Crippen LogP contribution is 2.49. The van der Waals surface area contributed by atoms with Gasteiger partial charge in [-0.3, -0.25) is 10.1 Å². The van der Waals surface area contributed by atoms with E-state index in [0.717, 1.165) is 36.8 Å². The third-order valence-electron chi connectivity index (χ3n) is 3.85. The zero-order chi connectivity index (χ0) is 12.5. The molecule has 0 bridgehead atoms. The minimum absolute atomic E-state index is 0.0385. The van der Waals surface area contributed by atoms with Crippen LogP contribution in [-0.4, -0.2) is 11.5 Å². The minimum atomic E-state index is -0.272. The largest absolute Gasteiger partial charge is 0.330 e. The van der Waals surface area contributed by atoms with Crippen LogP contribution >= 0.6 is 0 Å². The highest BCUT2D eigenvalue weighted by atomic mass is 16.6. The van der Waals surface area contributed by atoms with Gasteiger partial charge in [-0.15, -0.1) is 0 Å². The van der Waals surface area contributed by atoms with Crippen molar-refractivity contribution in [2.24, 2.45) is 5.73 Å². The van der Waals surface area contributed by atoms with E-state index in [1.54, 1.807) is 12.1 Å². The summed E-state index contributed by atoms with van der Waals surface area (Å²) in [6.07, 6.45) is 4.03. The van der Waals surface area contributed by atoms with Crippen molar-refractivity contribution in [2.75, 3.05) is 6.54 Å². The summed E-state index contributed by atoms with van der Waals surface area (Å²) in [7, 11) is 0. The fourth-order valence-corrected chi connectivity index (χ4v) is 2.77. The van der Waals surface area contributed by atoms with Crippen molar-refractivity contribution in [1.29, 1.82) is 0 Å². The molecule has 1 aliphatic rings. The van der Waals surface area contributed by atoms with Gasteiger partial charge >= 0.3 is 0 Å². The van der Waals surface area contributed by atoms with Gasteiger partial charge in [0.2, 0.25) is 0 Å². The van der Waals surface area contributed by atoms with E-state index in [1.807, 2.05) is 13.0 Å². The molecule has 2 rings (SSSR count). The van der Waals surface area contributed by atoms with E-state index in [4.69, 9.17) is 5.73 Å². The second-order valence-corrected chi connectivity index (χ2v) is 4.95. The van der Waals surface area contributed by atoms with Gasteiger partial charge in [0.1, 0.15) is 0 Å². The topological polar surface area (TPSA) is 69.2 Å². The van der Waals surface area contributed by atoms with Crippen molar-refractivity contribution in [3.63, 3.8) is 0 Å². The molecule has 1 fully saturated rings. The lowest BCUT2D eigenvalue weighted by molar-refractivity contribution is -0.386. The zero-order valence-electron chi connectivity index (χ0n) is 10.1. The molecule has 1 aromatic carbocycles. The molecule has 4 heteroatoms. The first-order valence-corrected chi connectivity index (χ1v) is 6.05. The van der Waals surface area contributed by atoms with E-state index in [1.165, 1.54) is 0 Å². The Morgan fingerprint density at radius 1 is 1.47 bits per heavy atom. The molecule has 0 aromatic heterocycles. The van der Waals surface area contributed by atoms with Gasteiger partial charge in [0.05, 0.1) is 4.92 Å². The maximum atomic E-state index is 11.1. The van der Waals surface area contributed by atoms with Crippen LogP contribution in [0.15, 0.2) is 18.2 Å². The number of aryl methyl sites for hydroxylation is 1. The number of rotatable bonds is 4. The molecule has 0 unspecified atom stereocenters. The second kappa shape index (κ2) is 4.45. The van der Waals surface area contributed by atoms with Crippen LogP contribution in [-0.2, 0) is 5.41 Å². The van der Waals surface area contributed by atoms with Crippen LogP contribution in [0.2, 0.25) is 0 Å². The summed E-state index contributed by atoms with van der Waals surface area (Å²) in [6, 6.07) is 5.39. The predicted molar refractivity (Wildman–Crippen MR) is 67.0 cm³/mol. The van der Waals surface area contributed by atoms with E-state index >= 15 is 0 Å². The molecule has 0 heterocycles. The average Bonchev–Trinajstić information content (AvgIpc) is 2.22. The maximum absolute atomic E-state index is 11.1. The van der Waals surface area contributed by atoms with Crippen LogP contribution in [0.1, 0.15) is 36.8 Å². The van der Waals surface area contributed by atoms with Crippen LogP contribution in [0.3, 0.4) is 0 Å². The first-order chi connectivity index (χ1) is 8.09. The molecule has 1 saturated carbocycles. The molecule has 0 radical (unpaired) electrons. The molecule has 0 aliphatic heterocycles. The zero-order valence-corrected chi connectivity index (χ0v) is 10.1. The van der Waals surface area contributed by atoms with Gasteiger partial charge in [-0.25, -0.2) is 0 Å². The molecule has 0 atom stereocenters. The number of hydrogen-bond donors (Lipinski definition) is 1. The van der Waals surface area contributed by atoms with Crippen molar-refractivity contribution in [3.05, 3.63) is 39.4 Å². The Bertz CT molecular complexity index is 439. The monoisotopic (exact) mass is 234 g/mol. The molecule has 1 aliphatic carbocycles. The quantitative estimate of drug-likeness (QED) is 0.643. The average molecular weight is 234 g/mol. The Morgan fingerprint density at radius 3 is 2.65 bits per heavy atom. The first kappa shape index (κ1) is 12.0. The van der Waals surface area contributed by atoms with E-state index in [2.05, 4.69) is 0 Å². The summed E-state index contributed by atoms with van der Waals surface area (Å²) in [5.41, 5.74) is 7.84. The van der Waals surface area contributed by atoms with E-state index < -0.39 is 0 Å². The lowest BCUT2D eigenvalue weighted by Crippen LogP contribution is -2.37. The molecule has 0 saturated heterocycles. The molecule has 0 spiro atoms. The summed E-state index contributed by atoms with van der Waals surface area (Å²) in [5, 5.41) is 11.1. The summed E-state index contributed by atoms with van der Waals surface area (Å²) < 4.78 is 0. The number of nitro groups is 1. The highest BCUT2D eigenvalue weighted by Gasteiger charge is 2.42. The number of nitro benzene ring substituents is 1. The molecule has 17 heavy (non-hydrogen) atoms. The molecule has 1 aromatic rings. The lowest BCUT2D eigenvalue weighted by Gasteiger charge is -2.42. The molecule has 0 amide bonds. The normalized spacial score (nSPS) is 17.5. The van der Waals surface area contributed by atoms with Gasteiger partial charge < -0.3 is 5.73 Å². The number of hydrogen-bond acceptors (Lipinski definition) is 3. The lowest BCUT2D eigenvalue weighted by atomic mass is 9.62. The van der Waals surface area contributed by atoms with E-state index in [9.17, 15) is 10.1 Å². The van der Waals surface area contributed by atoms with Crippen molar-refractivity contribution in [2.45, 2.75) is 38.0 Å². The number of nitrogens with two attached hydrogens (primary N) is 1. The van der Waals surface area contributed by atoms with E-state index in [0.29, 0.717) is 6.54 Å². The van der Waals surface area contributed by atoms with Crippen LogP contribution in [0.4, 0.5) is 5.69 Å². The first-order valence-electron chi connectivity index (χ1n) is 6.05. The summed E-state index contributed by atoms with van der Waals surface area (Å²) in [5.74, 6) is 0. The Balaban J connectivity index is 2.48. The van der Waals surface area contributed by atoms with Gasteiger partial charge in [-0.2, -0.15) is 0 Å². The van der Waals surface area contributed by atoms with Crippen molar-refractivity contribution in [3.8, 4) is 0 Å². The Labute approximate surface area is 101 Å². The third kappa shape index (κ3) is 2.05. The van der Waals surface area contributed by atoms with E-state index in [-0.39, 0.29) is 16.0 Å². The highest BCUT2D eigenvalue weighted by molar-refractivity contribution is 5.48. The molecular formula is C13H18N2O2. The number of benzene rings is 1. The van der Waals surface area contributed by atoms with Crippen molar-refractivity contribution < 1.29 is 4.92 Å². The number of nitrogens with zero attached hydrogens (tertiary/aromatic N) is 1. The molecule has 4 nitrogen and oxygen atoms in total. The SMILES string of the molecule is Cc1ccc([N+](=O)[O-])c(C2(CCN)CCC2)c1. The molecule has 92 valence electrons. The van der Waals surface area contributed by atoms with Crippen LogP contribution in [0.25, 0.3) is 0 Å². The second-order valence-electron chi connectivity index (χ2n) is 4.95. The van der Waals surface area contributed by atoms with Gasteiger partial charge in [0.25, 0.3) is 5.69 Å². The van der Waals surface area contributed by atoms with Crippen LogP contribution < -0.4 is 5.73 Å². The van der Waals surface area contributed by atoms with Gasteiger partial charge in [0, 0.05) is 17.0 Å². The minimum Gasteiger partial charge on any atom is -0.330 e. The van der Waals surface area contributed by atoms with Gasteiger partial charge in [-0.05, 0) is 38.8 Å². The maximum Gasteiger partial charge on any atom is 0.273 e.